The highest BCUT2D eigenvalue weighted by atomic mass is 32.2. The molecule has 0 radical (unpaired) electrons. The van der Waals surface area contributed by atoms with Gasteiger partial charge in [0.2, 0.25) is 0 Å². The van der Waals surface area contributed by atoms with Crippen LogP contribution < -0.4 is 4.90 Å². The van der Waals surface area contributed by atoms with Gasteiger partial charge in [0.05, 0.1) is 5.75 Å². The quantitative estimate of drug-likeness (QED) is 0.590. The monoisotopic (exact) mass is 369 g/mol. The van der Waals surface area contributed by atoms with Gasteiger partial charge in [-0.05, 0) is 50.5 Å². The Kier molecular flexibility index (Phi) is 5.67. The van der Waals surface area contributed by atoms with E-state index in [1.807, 2.05) is 62.4 Å². The fraction of sp³-hybridized carbons (Fsp3) is 0.333. The molecule has 136 valence electrons. The summed E-state index contributed by atoms with van der Waals surface area (Å²) < 4.78 is 5.40. The van der Waals surface area contributed by atoms with Gasteiger partial charge in [-0.15, -0.1) is 11.8 Å². The Morgan fingerprint density at radius 1 is 1.19 bits per heavy atom. The third-order valence-electron chi connectivity index (χ3n) is 4.54. The van der Waals surface area contributed by atoms with E-state index in [9.17, 15) is 9.59 Å². The van der Waals surface area contributed by atoms with Crippen LogP contribution in [-0.4, -0.2) is 29.8 Å². The van der Waals surface area contributed by atoms with Crippen molar-refractivity contribution in [1.82, 2.24) is 0 Å². The molecule has 0 saturated heterocycles. The topological polar surface area (TPSA) is 46.6 Å². The van der Waals surface area contributed by atoms with E-state index in [2.05, 4.69) is 0 Å². The van der Waals surface area contributed by atoms with Crippen LogP contribution in [0.3, 0.4) is 0 Å². The molecule has 1 aliphatic heterocycles. The lowest BCUT2D eigenvalue weighted by atomic mass is 10.1. The molecular weight excluding hydrogens is 346 g/mol. The highest BCUT2D eigenvalue weighted by molar-refractivity contribution is 8.00. The number of amides is 1. The number of carbonyl (C=O) groups excluding carboxylic acids is 2. The van der Waals surface area contributed by atoms with Crippen molar-refractivity contribution in [3.63, 3.8) is 0 Å². The number of thioether (sulfide) groups is 1. The second-order valence-corrected chi connectivity index (χ2v) is 7.59. The van der Waals surface area contributed by atoms with Crippen LogP contribution in [0, 0.1) is 6.92 Å². The standard InChI is InChI=1S/C21H23NO3S/c1-14-8-4-7-11-19(14)26-13-20(23)25-16(3)21(24)22-15(2)12-17-9-5-6-10-18(17)22/h4-11,15-16H,12-13H2,1-3H3/t15-,16+/m1/s1. The number of anilines is 1. The normalized spacial score (nSPS) is 16.9. The number of rotatable bonds is 5. The van der Waals surface area contributed by atoms with Gasteiger partial charge in [0, 0.05) is 16.6 Å². The van der Waals surface area contributed by atoms with Crippen LogP contribution in [0.5, 0.6) is 0 Å². The van der Waals surface area contributed by atoms with Crippen LogP contribution in [0.2, 0.25) is 0 Å². The molecule has 0 saturated carbocycles. The van der Waals surface area contributed by atoms with E-state index < -0.39 is 6.10 Å². The fourth-order valence-electron chi connectivity index (χ4n) is 3.23. The molecule has 2 aromatic carbocycles. The molecule has 1 amide bonds. The molecule has 0 N–H and O–H groups in total. The van der Waals surface area contributed by atoms with Crippen molar-refractivity contribution in [1.29, 1.82) is 0 Å². The number of benzene rings is 2. The second kappa shape index (κ2) is 7.96. The summed E-state index contributed by atoms with van der Waals surface area (Å²) in [6.45, 7) is 5.67. The molecule has 0 unspecified atom stereocenters. The van der Waals surface area contributed by atoms with Gasteiger partial charge in [0.15, 0.2) is 6.10 Å². The Morgan fingerprint density at radius 3 is 2.65 bits per heavy atom. The number of hydrogen-bond acceptors (Lipinski definition) is 4. The predicted octanol–water partition coefficient (Wildman–Crippen LogP) is 4.00. The minimum absolute atomic E-state index is 0.0717. The molecule has 0 spiro atoms. The van der Waals surface area contributed by atoms with Crippen molar-refractivity contribution in [2.24, 2.45) is 0 Å². The Bertz CT molecular complexity index is 820. The smallest absolute Gasteiger partial charge is 0.317 e. The van der Waals surface area contributed by atoms with Crippen molar-refractivity contribution in [3.8, 4) is 0 Å². The van der Waals surface area contributed by atoms with Crippen molar-refractivity contribution in [3.05, 3.63) is 59.7 Å². The molecule has 1 aliphatic rings. The summed E-state index contributed by atoms with van der Waals surface area (Å²) in [7, 11) is 0. The number of para-hydroxylation sites is 1. The van der Waals surface area contributed by atoms with E-state index in [-0.39, 0.29) is 23.7 Å². The molecule has 1 heterocycles. The molecule has 5 heteroatoms. The van der Waals surface area contributed by atoms with Crippen molar-refractivity contribution >= 4 is 29.3 Å². The van der Waals surface area contributed by atoms with Gasteiger partial charge < -0.3 is 9.64 Å². The van der Waals surface area contributed by atoms with E-state index in [0.717, 1.165) is 28.1 Å². The summed E-state index contributed by atoms with van der Waals surface area (Å²) in [6.07, 6.45) is 0.0275. The Morgan fingerprint density at radius 2 is 1.88 bits per heavy atom. The van der Waals surface area contributed by atoms with Crippen molar-refractivity contribution < 1.29 is 14.3 Å². The largest absolute Gasteiger partial charge is 0.452 e. The lowest BCUT2D eigenvalue weighted by Gasteiger charge is -2.25. The number of carbonyl (C=O) groups is 2. The number of aryl methyl sites for hydroxylation is 1. The van der Waals surface area contributed by atoms with Gasteiger partial charge >= 0.3 is 5.97 Å². The summed E-state index contributed by atoms with van der Waals surface area (Å²) in [5, 5.41) is 0. The number of hydrogen-bond donors (Lipinski definition) is 0. The average Bonchev–Trinajstić information content (AvgIpc) is 2.96. The molecule has 0 fully saturated rings. The van der Waals surface area contributed by atoms with Crippen LogP contribution in [-0.2, 0) is 20.7 Å². The number of esters is 1. The van der Waals surface area contributed by atoms with Gasteiger partial charge in [-0.25, -0.2) is 0 Å². The van der Waals surface area contributed by atoms with Gasteiger partial charge in [0.1, 0.15) is 0 Å². The molecule has 2 aromatic rings. The second-order valence-electron chi connectivity index (χ2n) is 6.58. The minimum Gasteiger partial charge on any atom is -0.452 e. The predicted molar refractivity (Wildman–Crippen MR) is 105 cm³/mol. The summed E-state index contributed by atoms with van der Waals surface area (Å²) in [6, 6.07) is 15.8. The summed E-state index contributed by atoms with van der Waals surface area (Å²) >= 11 is 1.43. The molecule has 26 heavy (non-hydrogen) atoms. The summed E-state index contributed by atoms with van der Waals surface area (Å²) in [5.74, 6) is -0.356. The first-order valence-corrected chi connectivity index (χ1v) is 9.75. The zero-order valence-corrected chi connectivity index (χ0v) is 16.1. The van der Waals surface area contributed by atoms with E-state index in [4.69, 9.17) is 4.74 Å². The lowest BCUT2D eigenvalue weighted by molar-refractivity contribution is -0.151. The van der Waals surface area contributed by atoms with Crippen LogP contribution in [0.25, 0.3) is 0 Å². The molecule has 3 rings (SSSR count). The van der Waals surface area contributed by atoms with Gasteiger partial charge in [-0.1, -0.05) is 36.4 Å². The average molecular weight is 369 g/mol. The van der Waals surface area contributed by atoms with E-state index >= 15 is 0 Å². The maximum Gasteiger partial charge on any atom is 0.317 e. The minimum atomic E-state index is -0.798. The molecule has 2 atom stereocenters. The zero-order valence-electron chi connectivity index (χ0n) is 15.3. The van der Waals surface area contributed by atoms with Gasteiger partial charge in [-0.3, -0.25) is 9.59 Å². The number of nitrogens with zero attached hydrogens (tertiary/aromatic N) is 1. The van der Waals surface area contributed by atoms with Gasteiger partial charge in [0.25, 0.3) is 5.91 Å². The fourth-order valence-corrected chi connectivity index (χ4v) is 4.05. The van der Waals surface area contributed by atoms with Crippen molar-refractivity contribution in [2.75, 3.05) is 10.7 Å². The first-order valence-electron chi connectivity index (χ1n) is 8.76. The summed E-state index contributed by atoms with van der Waals surface area (Å²) in [5.41, 5.74) is 3.20. The molecule has 0 bridgehead atoms. The van der Waals surface area contributed by atoms with E-state index in [0.29, 0.717) is 0 Å². The number of fused-ring (bicyclic) bond motifs is 1. The highest BCUT2D eigenvalue weighted by Crippen LogP contribution is 2.32. The Hall–Kier alpha value is -2.27. The van der Waals surface area contributed by atoms with Gasteiger partial charge in [-0.2, -0.15) is 0 Å². The SMILES string of the molecule is Cc1ccccc1SCC(=O)O[C@@H](C)C(=O)N1c2ccccc2C[C@H]1C. The maximum atomic E-state index is 12.8. The maximum absolute atomic E-state index is 12.8. The number of ether oxygens (including phenoxy) is 1. The highest BCUT2D eigenvalue weighted by Gasteiger charge is 2.34. The lowest BCUT2D eigenvalue weighted by Crippen LogP contribution is -2.43. The Labute approximate surface area is 158 Å². The van der Waals surface area contributed by atoms with E-state index in [1.165, 1.54) is 11.8 Å². The Balaban J connectivity index is 1.59. The first-order chi connectivity index (χ1) is 12.5. The molecule has 4 nitrogen and oxygen atoms in total. The van der Waals surface area contributed by atoms with E-state index in [1.54, 1.807) is 11.8 Å². The third-order valence-corrected chi connectivity index (χ3v) is 5.69. The molecule has 0 aliphatic carbocycles. The third kappa shape index (κ3) is 3.93. The first kappa shape index (κ1) is 18.5. The van der Waals surface area contributed by atoms with Crippen molar-refractivity contribution in [2.45, 2.75) is 44.2 Å². The molecular formula is C21H23NO3S. The summed E-state index contributed by atoms with van der Waals surface area (Å²) in [4.78, 5) is 27.8. The van der Waals surface area contributed by atoms with Crippen LogP contribution in [0.4, 0.5) is 5.69 Å². The van der Waals surface area contributed by atoms with Crippen LogP contribution in [0.15, 0.2) is 53.4 Å². The van der Waals surface area contributed by atoms with Crippen LogP contribution >= 0.6 is 11.8 Å². The van der Waals surface area contributed by atoms with Crippen LogP contribution in [0.1, 0.15) is 25.0 Å². The zero-order chi connectivity index (χ0) is 18.7. The molecule has 0 aromatic heterocycles.